The number of nitrogens with one attached hydrogen (secondary N) is 2. The summed E-state index contributed by atoms with van der Waals surface area (Å²) in [6.07, 6.45) is 6.51. The van der Waals surface area contributed by atoms with Gasteiger partial charge in [-0.05, 0) is 88.1 Å². The number of methoxy groups -OCH3 is 1. The van der Waals surface area contributed by atoms with E-state index in [-0.39, 0.29) is 67.0 Å². The minimum Gasteiger partial charge on any atom is -0.493 e. The van der Waals surface area contributed by atoms with Gasteiger partial charge in [-0.2, -0.15) is 4.79 Å². The largest absolute Gasteiger partial charge is 0.602 e. The Hall–Kier alpha value is -7.19. The molecule has 0 fully saturated rings. The Kier molecular flexibility index (Phi) is 17.3. The molecule has 19 heteroatoms. The van der Waals surface area contributed by atoms with Gasteiger partial charge in [-0.3, -0.25) is 25.0 Å². The Balaban J connectivity index is 0.982. The summed E-state index contributed by atoms with van der Waals surface area (Å²) in [5.41, 5.74) is 7.40. The molecule has 5 atom stereocenters. The molecule has 3 aromatic carbocycles. The molecule has 1 unspecified atom stereocenters. The van der Waals surface area contributed by atoms with Crippen LogP contribution in [0.5, 0.6) is 17.2 Å². The zero-order valence-corrected chi connectivity index (χ0v) is 42.5. The summed E-state index contributed by atoms with van der Waals surface area (Å²) < 4.78 is 30.7. The van der Waals surface area contributed by atoms with Crippen LogP contribution in [0.15, 0.2) is 84.7 Å². The molecule has 4 amide bonds. The molecule has 0 radical (unpaired) electrons. The number of ketones is 2. The van der Waals surface area contributed by atoms with Crippen molar-refractivity contribution < 1.29 is 62.1 Å². The Labute approximate surface area is 425 Å². The highest BCUT2D eigenvalue weighted by Gasteiger charge is 2.46. The predicted octanol–water partition coefficient (Wildman–Crippen LogP) is 6.50. The summed E-state index contributed by atoms with van der Waals surface area (Å²) in [7, 11) is 1.45. The summed E-state index contributed by atoms with van der Waals surface area (Å²) in [4.78, 5) is 84.8. The smallest absolute Gasteiger partial charge is 0.493 e. The number of hydrazine groups is 1. The number of benzene rings is 3. The van der Waals surface area contributed by atoms with Crippen LogP contribution in [0.2, 0.25) is 0 Å². The van der Waals surface area contributed by atoms with Crippen LogP contribution in [-0.2, 0) is 32.2 Å². The number of ether oxygens (including phenoxy) is 5. The van der Waals surface area contributed by atoms with E-state index in [1.54, 1.807) is 74.5 Å². The van der Waals surface area contributed by atoms with Gasteiger partial charge in [0.05, 0.1) is 55.8 Å². The van der Waals surface area contributed by atoms with Crippen LogP contribution in [0.1, 0.15) is 104 Å². The van der Waals surface area contributed by atoms with E-state index in [0.717, 1.165) is 27.2 Å². The molecule has 7 rings (SSSR count). The van der Waals surface area contributed by atoms with Gasteiger partial charge in [0, 0.05) is 31.4 Å². The fraction of sp³-hybridized carbons (Fsp3) is 0.426. The molecule has 4 aliphatic rings. The van der Waals surface area contributed by atoms with E-state index >= 15 is 0 Å². The zero-order valence-electron chi connectivity index (χ0n) is 42.5. The van der Waals surface area contributed by atoms with Crippen molar-refractivity contribution >= 4 is 53.2 Å². The van der Waals surface area contributed by atoms with E-state index in [1.165, 1.54) is 34.8 Å². The summed E-state index contributed by atoms with van der Waals surface area (Å²) >= 11 is 0. The van der Waals surface area contributed by atoms with Crippen LogP contribution in [0, 0.1) is 12.8 Å². The van der Waals surface area contributed by atoms with Gasteiger partial charge in [0.2, 0.25) is 17.3 Å². The zero-order chi connectivity index (χ0) is 52.7. The number of rotatable bonds is 21. The summed E-state index contributed by atoms with van der Waals surface area (Å²) in [6, 6.07) is 10.9. The van der Waals surface area contributed by atoms with E-state index in [1.807, 2.05) is 27.0 Å². The number of nitrogens with zero attached hydrogens (tertiary/aromatic N) is 4. The maximum atomic E-state index is 14.1. The first-order valence-corrected chi connectivity index (χ1v) is 24.5. The van der Waals surface area contributed by atoms with E-state index < -0.39 is 54.0 Å². The number of unbranched alkanes of at least 4 members (excludes halogenated alkanes) is 2. The molecule has 0 bridgehead atoms. The molecule has 0 saturated heterocycles. The number of fused-ring (bicyclic) bond motifs is 4. The van der Waals surface area contributed by atoms with E-state index in [0.29, 0.717) is 61.3 Å². The van der Waals surface area contributed by atoms with Crippen molar-refractivity contribution in [3.05, 3.63) is 113 Å². The molecule has 0 saturated carbocycles. The topological polar surface area (TPSA) is 232 Å². The van der Waals surface area contributed by atoms with Gasteiger partial charge in [-0.25, -0.2) is 15.1 Å². The second kappa shape index (κ2) is 23.6. The number of aliphatic hydroxyl groups is 1. The lowest BCUT2D eigenvalue weighted by Crippen LogP contribution is -2.51. The van der Waals surface area contributed by atoms with Crippen LogP contribution in [0.4, 0.5) is 21.0 Å². The maximum absolute atomic E-state index is 14.1. The van der Waals surface area contributed by atoms with Crippen LogP contribution >= 0.6 is 0 Å². The van der Waals surface area contributed by atoms with Crippen molar-refractivity contribution in [3.63, 3.8) is 0 Å². The lowest BCUT2D eigenvalue weighted by molar-refractivity contribution is -0.353. The monoisotopic (exact) mass is 1000 g/mol. The minimum atomic E-state index is -1.48. The highest BCUT2D eigenvalue weighted by atomic mass is 16.6. The van der Waals surface area contributed by atoms with Gasteiger partial charge in [0.15, 0.2) is 23.9 Å². The molecule has 0 aliphatic carbocycles. The number of aliphatic hydroxyl groups excluding tert-OH is 1. The third-order valence-electron chi connectivity index (χ3n) is 13.2. The number of Topliss-reactive ketones (excluding diaryl/α,β-unsaturated/α-hetero) is 2. The third-order valence-corrected chi connectivity index (χ3v) is 13.2. The van der Waals surface area contributed by atoms with Crippen molar-refractivity contribution in [3.8, 4) is 17.2 Å². The molecule has 3 aromatic rings. The fourth-order valence-electron chi connectivity index (χ4n) is 9.24. The van der Waals surface area contributed by atoms with Gasteiger partial charge in [-0.15, -0.1) is 0 Å². The highest BCUT2D eigenvalue weighted by molar-refractivity contribution is 6.41. The predicted molar refractivity (Wildman–Crippen MR) is 271 cm³/mol. The molecular weight excluding hydrogens is 939 g/mol. The van der Waals surface area contributed by atoms with Gasteiger partial charge < -0.3 is 43.9 Å². The first-order chi connectivity index (χ1) is 34.9. The molecule has 0 aromatic heterocycles. The summed E-state index contributed by atoms with van der Waals surface area (Å²) in [5.74, 6) is 4.55. The molecule has 5 N–H and O–H groups in total. The van der Waals surface area contributed by atoms with Crippen molar-refractivity contribution in [1.29, 1.82) is 0 Å². The van der Waals surface area contributed by atoms with Crippen LogP contribution in [-0.4, -0.2) is 119 Å². The van der Waals surface area contributed by atoms with Crippen molar-refractivity contribution in [2.75, 3.05) is 31.8 Å². The molecule has 73 heavy (non-hydrogen) atoms. The number of hydrogen-bond acceptors (Lipinski definition) is 15. The quantitative estimate of drug-likeness (QED) is 0.0223. The number of hydrogen-bond donors (Lipinski definition) is 4. The molecule has 4 heterocycles. The van der Waals surface area contributed by atoms with Gasteiger partial charge >= 0.3 is 12.2 Å². The summed E-state index contributed by atoms with van der Waals surface area (Å²) in [6.45, 7) is 15.2. The third kappa shape index (κ3) is 11.9. The fourth-order valence-corrected chi connectivity index (χ4v) is 9.24. The lowest BCUT2D eigenvalue weighted by Gasteiger charge is -2.31. The highest BCUT2D eigenvalue weighted by Crippen LogP contribution is 2.42. The Morgan fingerprint density at radius 1 is 0.836 bits per heavy atom. The van der Waals surface area contributed by atoms with Gasteiger partial charge in [-0.1, -0.05) is 66.5 Å². The number of nitrogens with two attached hydrogens (primary N) is 1. The lowest BCUT2D eigenvalue weighted by atomic mass is 9.95. The number of carbonyl (C=O) groups is 6. The first-order valence-electron chi connectivity index (χ1n) is 24.5. The average molecular weight is 1010 g/mol. The standard InChI is InChI=1S/C54H66N7O12/c1-9-17-72-53(67)60-29-38-20-32(4)27-58(38)50(64)39-22-34(6)44(24-41(39)60)70-18-11-10-12-19-71-46-25-42-40(23-45(46)69-8)51(65)59-28-33(5)21-43(59)52(66)61(42)54(68)73-30-37-15-13-36(14-16-37)26-56-35(7)48(62)49(63)47(57-55)31(2)3/h9,13-16,22-25,27-29,31,35,38,43,47,52,56-57,66H,1,10-12,17-21,26,30,55H2,2-8H3/q+1/t35?,38-,43+,47-,52+/m0/s1. The van der Waals surface area contributed by atoms with Crippen LogP contribution < -0.4 is 35.7 Å². The van der Waals surface area contributed by atoms with Crippen molar-refractivity contribution in [2.24, 2.45) is 11.8 Å². The summed E-state index contributed by atoms with van der Waals surface area (Å²) in [5, 5.41) is 14.9. The molecule has 4 aliphatic heterocycles. The Bertz CT molecular complexity index is 2730. The Morgan fingerprint density at radius 2 is 1.49 bits per heavy atom. The van der Waals surface area contributed by atoms with Crippen molar-refractivity contribution in [2.45, 2.75) is 117 Å². The second-order valence-electron chi connectivity index (χ2n) is 19.1. The molecule has 19 nitrogen and oxygen atoms in total. The Morgan fingerprint density at radius 3 is 2.16 bits per heavy atom. The molecule has 0 spiro atoms. The van der Waals surface area contributed by atoms with E-state index in [2.05, 4.69) is 17.3 Å². The first kappa shape index (κ1) is 53.6. The van der Waals surface area contributed by atoms with Gasteiger partial charge in [0.25, 0.3) is 11.8 Å². The molecular formula is C54H66N7O12+. The maximum Gasteiger partial charge on any atom is 0.602 e. The minimum absolute atomic E-state index is 0.00859. The van der Waals surface area contributed by atoms with Crippen LogP contribution in [0.25, 0.3) is 0 Å². The second-order valence-corrected chi connectivity index (χ2v) is 19.1. The number of anilines is 1. The number of amides is 4. The van der Waals surface area contributed by atoms with Gasteiger partial charge in [0.1, 0.15) is 30.6 Å². The number of aryl methyl sites for hydroxylation is 1. The molecule has 388 valence electrons. The van der Waals surface area contributed by atoms with E-state index in [9.17, 15) is 33.9 Å². The average Bonchev–Trinajstić information content (AvgIpc) is 3.92. The SMILES string of the molecule is C=CCOC(=O)[N+]1=C[C@@H]2CC(C)=CN2C(=O)c2cc(C)c(OCCCCCOc3cc4c(cc3OC)C(=O)N3C=C(C)C[C@@H]3[C@@H](O)N4C(=O)OCc3ccc(CNC(C)C(=O)C(=O)[C@@H](NN)C(C)C)cc3)cc21. The van der Waals surface area contributed by atoms with Crippen LogP contribution in [0.3, 0.4) is 0 Å². The number of carbonyl (C=O) groups excluding carboxylic acids is 6. The normalized spacial score (nSPS) is 18.7. The van der Waals surface area contributed by atoms with Crippen molar-refractivity contribution in [1.82, 2.24) is 20.5 Å². The van der Waals surface area contributed by atoms with E-state index in [4.69, 9.17) is 29.5 Å².